The van der Waals surface area contributed by atoms with E-state index in [0.29, 0.717) is 19.5 Å². The lowest BCUT2D eigenvalue weighted by Gasteiger charge is -2.01. The molecule has 0 atom stereocenters. The van der Waals surface area contributed by atoms with E-state index in [0.717, 1.165) is 21.6 Å². The van der Waals surface area contributed by atoms with Crippen LogP contribution in [-0.4, -0.2) is 17.6 Å². The van der Waals surface area contributed by atoms with Crippen molar-refractivity contribution in [2.24, 2.45) is 0 Å². The molecule has 0 saturated carbocycles. The Balaban J connectivity index is 1.83. The first-order valence-electron chi connectivity index (χ1n) is 6.42. The molecule has 2 rings (SSSR count). The van der Waals surface area contributed by atoms with Gasteiger partial charge in [0.05, 0.1) is 6.54 Å². The summed E-state index contributed by atoms with van der Waals surface area (Å²) in [6.45, 7) is 1.27. The Hall–Kier alpha value is -1.59. The number of carbonyl (C=O) groups is 1. The van der Waals surface area contributed by atoms with Crippen molar-refractivity contribution in [3.8, 4) is 11.3 Å². The van der Waals surface area contributed by atoms with E-state index >= 15 is 0 Å². The fourth-order valence-electron chi connectivity index (χ4n) is 1.82. The highest BCUT2D eigenvalue weighted by atomic mass is 79.9. The van der Waals surface area contributed by atoms with Gasteiger partial charge in [0.15, 0.2) is 0 Å². The summed E-state index contributed by atoms with van der Waals surface area (Å²) in [5.74, 6) is 0.917. The number of carboxylic acid groups (broad SMARTS) is 1. The van der Waals surface area contributed by atoms with Gasteiger partial charge >= 0.3 is 5.97 Å². The summed E-state index contributed by atoms with van der Waals surface area (Å²) < 4.78 is 6.78. The molecule has 0 unspecified atom stereocenters. The van der Waals surface area contributed by atoms with E-state index in [1.54, 1.807) is 0 Å². The molecule has 106 valence electrons. The largest absolute Gasteiger partial charge is 0.481 e. The van der Waals surface area contributed by atoms with Crippen LogP contribution in [0.15, 0.2) is 45.3 Å². The van der Waals surface area contributed by atoms with Crippen molar-refractivity contribution in [1.29, 1.82) is 0 Å². The van der Waals surface area contributed by atoms with Crippen LogP contribution in [0.1, 0.15) is 18.6 Å². The molecule has 1 heterocycles. The summed E-state index contributed by atoms with van der Waals surface area (Å²) in [5.41, 5.74) is 1.03. The van der Waals surface area contributed by atoms with Gasteiger partial charge < -0.3 is 14.8 Å². The number of nitrogens with one attached hydrogen (secondary N) is 1. The highest BCUT2D eigenvalue weighted by molar-refractivity contribution is 9.10. The quantitative estimate of drug-likeness (QED) is 0.757. The number of furan rings is 1. The SMILES string of the molecule is O=C(O)CCCNCc1ccc(-c2ccc(Br)cc2)o1. The van der Waals surface area contributed by atoms with Crippen LogP contribution in [0.2, 0.25) is 0 Å². The van der Waals surface area contributed by atoms with Crippen molar-refractivity contribution in [2.45, 2.75) is 19.4 Å². The summed E-state index contributed by atoms with van der Waals surface area (Å²) in [5, 5.41) is 11.7. The zero-order chi connectivity index (χ0) is 14.4. The van der Waals surface area contributed by atoms with Crippen LogP contribution in [0.4, 0.5) is 0 Å². The van der Waals surface area contributed by atoms with Crippen molar-refractivity contribution < 1.29 is 14.3 Å². The topological polar surface area (TPSA) is 62.5 Å². The van der Waals surface area contributed by atoms with E-state index in [9.17, 15) is 4.79 Å². The summed E-state index contributed by atoms with van der Waals surface area (Å²) in [6.07, 6.45) is 0.810. The normalized spacial score (nSPS) is 10.7. The van der Waals surface area contributed by atoms with Crippen molar-refractivity contribution in [1.82, 2.24) is 5.32 Å². The Morgan fingerprint density at radius 2 is 1.95 bits per heavy atom. The monoisotopic (exact) mass is 337 g/mol. The highest BCUT2D eigenvalue weighted by Crippen LogP contribution is 2.23. The predicted octanol–water partition coefficient (Wildman–Crippen LogP) is 3.66. The van der Waals surface area contributed by atoms with Crippen LogP contribution in [0.5, 0.6) is 0 Å². The summed E-state index contributed by atoms with van der Waals surface area (Å²) in [6, 6.07) is 11.8. The maximum absolute atomic E-state index is 10.4. The van der Waals surface area contributed by atoms with E-state index < -0.39 is 5.97 Å². The van der Waals surface area contributed by atoms with E-state index in [1.165, 1.54) is 0 Å². The molecule has 0 amide bonds. The van der Waals surface area contributed by atoms with E-state index in [-0.39, 0.29) is 6.42 Å². The third-order valence-corrected chi connectivity index (χ3v) is 3.36. The molecule has 0 fully saturated rings. The van der Waals surface area contributed by atoms with Gasteiger partial charge in [-0.15, -0.1) is 0 Å². The molecule has 0 bridgehead atoms. The van der Waals surface area contributed by atoms with Crippen LogP contribution < -0.4 is 5.32 Å². The van der Waals surface area contributed by atoms with Crippen molar-refractivity contribution in [2.75, 3.05) is 6.54 Å². The average molecular weight is 338 g/mol. The summed E-state index contributed by atoms with van der Waals surface area (Å²) >= 11 is 3.40. The summed E-state index contributed by atoms with van der Waals surface area (Å²) in [4.78, 5) is 10.4. The molecule has 2 N–H and O–H groups in total. The molecule has 4 nitrogen and oxygen atoms in total. The van der Waals surface area contributed by atoms with Crippen molar-refractivity contribution >= 4 is 21.9 Å². The Morgan fingerprint density at radius 1 is 1.20 bits per heavy atom. The maximum Gasteiger partial charge on any atom is 0.303 e. The minimum Gasteiger partial charge on any atom is -0.481 e. The van der Waals surface area contributed by atoms with Gasteiger partial charge in [0.2, 0.25) is 0 Å². The van der Waals surface area contributed by atoms with Gasteiger partial charge in [-0.2, -0.15) is 0 Å². The van der Waals surface area contributed by atoms with Gasteiger partial charge in [-0.1, -0.05) is 28.1 Å². The number of aliphatic carboxylic acids is 1. The molecule has 5 heteroatoms. The number of carboxylic acids is 1. The second-order valence-electron chi connectivity index (χ2n) is 4.45. The smallest absolute Gasteiger partial charge is 0.303 e. The number of hydrogen-bond acceptors (Lipinski definition) is 3. The van der Waals surface area contributed by atoms with Crippen molar-refractivity contribution in [3.63, 3.8) is 0 Å². The molecule has 2 aromatic rings. The molecule has 1 aromatic heterocycles. The molecular weight excluding hydrogens is 322 g/mol. The first kappa shape index (κ1) is 14.8. The molecule has 0 saturated heterocycles. The van der Waals surface area contributed by atoms with Gasteiger partial charge in [-0.05, 0) is 37.2 Å². The fourth-order valence-corrected chi connectivity index (χ4v) is 2.08. The number of hydrogen-bond donors (Lipinski definition) is 2. The third-order valence-electron chi connectivity index (χ3n) is 2.83. The van der Waals surface area contributed by atoms with Crippen LogP contribution >= 0.6 is 15.9 Å². The predicted molar refractivity (Wildman–Crippen MR) is 80.4 cm³/mol. The van der Waals surface area contributed by atoms with E-state index in [2.05, 4.69) is 21.2 Å². The maximum atomic E-state index is 10.4. The second-order valence-corrected chi connectivity index (χ2v) is 5.36. The van der Waals surface area contributed by atoms with Crippen LogP contribution in [-0.2, 0) is 11.3 Å². The molecule has 0 aliphatic heterocycles. The molecule has 0 aliphatic carbocycles. The van der Waals surface area contributed by atoms with Gasteiger partial charge in [-0.25, -0.2) is 0 Å². The van der Waals surface area contributed by atoms with Crippen LogP contribution in [0.3, 0.4) is 0 Å². The van der Waals surface area contributed by atoms with Gasteiger partial charge in [0.25, 0.3) is 0 Å². The standard InChI is InChI=1S/C15H16BrNO3/c16-12-5-3-11(4-6-12)14-8-7-13(20-14)10-17-9-1-2-15(18)19/h3-8,17H,1-2,9-10H2,(H,18,19). The Labute approximate surface area is 125 Å². The number of rotatable bonds is 7. The Bertz CT molecular complexity index is 563. The van der Waals surface area contributed by atoms with Gasteiger partial charge in [0, 0.05) is 16.5 Å². The Kier molecular flexibility index (Phi) is 5.38. The molecule has 20 heavy (non-hydrogen) atoms. The average Bonchev–Trinajstić information content (AvgIpc) is 2.87. The summed E-state index contributed by atoms with van der Waals surface area (Å²) in [7, 11) is 0. The zero-order valence-electron chi connectivity index (χ0n) is 10.9. The number of halogens is 1. The number of benzene rings is 1. The highest BCUT2D eigenvalue weighted by Gasteiger charge is 2.04. The fraction of sp³-hybridized carbons (Fsp3) is 0.267. The lowest BCUT2D eigenvalue weighted by atomic mass is 10.2. The van der Waals surface area contributed by atoms with Gasteiger partial charge in [-0.3, -0.25) is 4.79 Å². The molecule has 0 spiro atoms. The first-order valence-corrected chi connectivity index (χ1v) is 7.21. The van der Waals surface area contributed by atoms with E-state index in [1.807, 2.05) is 36.4 Å². The molecular formula is C15H16BrNO3. The molecule has 0 aliphatic rings. The van der Waals surface area contributed by atoms with Crippen molar-refractivity contribution in [3.05, 3.63) is 46.6 Å². The van der Waals surface area contributed by atoms with Gasteiger partial charge in [0.1, 0.15) is 11.5 Å². The first-order chi connectivity index (χ1) is 9.65. The van der Waals surface area contributed by atoms with Crippen LogP contribution in [0, 0.1) is 0 Å². The molecule has 1 aromatic carbocycles. The molecule has 0 radical (unpaired) electrons. The Morgan fingerprint density at radius 3 is 2.65 bits per heavy atom. The lowest BCUT2D eigenvalue weighted by molar-refractivity contribution is -0.137. The van der Waals surface area contributed by atoms with E-state index in [4.69, 9.17) is 9.52 Å². The second kappa shape index (κ2) is 7.26. The lowest BCUT2D eigenvalue weighted by Crippen LogP contribution is -2.15. The van der Waals surface area contributed by atoms with Crippen LogP contribution in [0.25, 0.3) is 11.3 Å². The minimum atomic E-state index is -0.762. The third kappa shape index (κ3) is 4.51. The zero-order valence-corrected chi connectivity index (χ0v) is 12.5. The minimum absolute atomic E-state index is 0.190.